The van der Waals surface area contributed by atoms with E-state index in [1.165, 1.54) is 18.2 Å². The maximum Gasteiger partial charge on any atom is 0.251 e. The monoisotopic (exact) mass is 327 g/mol. The number of carbonyl (C=O) groups is 2. The normalized spacial score (nSPS) is 10.2. The van der Waals surface area contributed by atoms with E-state index in [1.54, 1.807) is 13.0 Å². The summed E-state index contributed by atoms with van der Waals surface area (Å²) >= 11 is 11.6. The van der Waals surface area contributed by atoms with E-state index >= 15 is 0 Å². The quantitative estimate of drug-likeness (QED) is 0.904. The smallest absolute Gasteiger partial charge is 0.251 e. The molecule has 0 aliphatic rings. The fourth-order valence-electron chi connectivity index (χ4n) is 1.51. The zero-order chi connectivity index (χ0) is 15.4. The zero-order valence-corrected chi connectivity index (χ0v) is 12.5. The lowest BCUT2D eigenvalue weighted by Gasteiger charge is -2.05. The van der Waals surface area contributed by atoms with Gasteiger partial charge in [0.05, 0.1) is 16.6 Å². The number of hydrogen-bond donors (Lipinski definition) is 2. The molecule has 0 aliphatic heterocycles. The van der Waals surface area contributed by atoms with Crippen molar-refractivity contribution >= 4 is 40.8 Å². The number of amides is 2. The number of nitrogens with zero attached hydrogens (tertiary/aromatic N) is 1. The lowest BCUT2D eigenvalue weighted by molar-refractivity contribution is -0.115. The van der Waals surface area contributed by atoms with E-state index in [9.17, 15) is 9.59 Å². The van der Waals surface area contributed by atoms with Gasteiger partial charge in [0, 0.05) is 11.6 Å². The molecule has 0 aliphatic carbocycles. The van der Waals surface area contributed by atoms with Crippen molar-refractivity contribution in [2.45, 2.75) is 6.92 Å². The van der Waals surface area contributed by atoms with Crippen LogP contribution in [0.25, 0.3) is 0 Å². The third-order valence-corrected chi connectivity index (χ3v) is 3.23. The summed E-state index contributed by atoms with van der Waals surface area (Å²) in [6.07, 6.45) is 0. The molecule has 8 heteroatoms. The van der Waals surface area contributed by atoms with Crippen LogP contribution >= 0.6 is 23.2 Å². The van der Waals surface area contributed by atoms with Crippen molar-refractivity contribution in [1.82, 2.24) is 10.5 Å². The molecule has 6 nitrogen and oxygen atoms in total. The number of benzene rings is 1. The minimum absolute atomic E-state index is 0.203. The highest BCUT2D eigenvalue weighted by Gasteiger charge is 2.11. The topological polar surface area (TPSA) is 84.2 Å². The molecule has 0 fully saturated rings. The van der Waals surface area contributed by atoms with Crippen LogP contribution in [-0.2, 0) is 4.79 Å². The van der Waals surface area contributed by atoms with Gasteiger partial charge in [0.15, 0.2) is 5.82 Å². The predicted molar refractivity (Wildman–Crippen MR) is 78.7 cm³/mol. The van der Waals surface area contributed by atoms with Gasteiger partial charge in [0.2, 0.25) is 5.91 Å². The van der Waals surface area contributed by atoms with Gasteiger partial charge in [-0.2, -0.15) is 0 Å². The van der Waals surface area contributed by atoms with Crippen molar-refractivity contribution in [3.63, 3.8) is 0 Å². The van der Waals surface area contributed by atoms with Crippen LogP contribution in [0.1, 0.15) is 16.1 Å². The summed E-state index contributed by atoms with van der Waals surface area (Å²) in [5.74, 6) is 0.0168. The number of nitrogens with one attached hydrogen (secondary N) is 2. The van der Waals surface area contributed by atoms with Crippen LogP contribution < -0.4 is 10.6 Å². The summed E-state index contributed by atoms with van der Waals surface area (Å²) < 4.78 is 4.81. The van der Waals surface area contributed by atoms with E-state index in [0.717, 1.165) is 0 Å². The Kier molecular flexibility index (Phi) is 4.82. The number of anilines is 1. The van der Waals surface area contributed by atoms with Gasteiger partial charge in [0.25, 0.3) is 5.91 Å². The molecule has 0 radical (unpaired) electrons. The molecule has 0 saturated carbocycles. The first kappa shape index (κ1) is 15.3. The molecule has 0 saturated heterocycles. The van der Waals surface area contributed by atoms with Crippen LogP contribution in [0.3, 0.4) is 0 Å². The highest BCUT2D eigenvalue weighted by molar-refractivity contribution is 6.42. The summed E-state index contributed by atoms with van der Waals surface area (Å²) in [6, 6.07) is 6.02. The molecule has 110 valence electrons. The second-order valence-corrected chi connectivity index (χ2v) is 5.00. The molecule has 21 heavy (non-hydrogen) atoms. The molecule has 2 rings (SSSR count). The molecule has 0 bridgehead atoms. The maximum atomic E-state index is 11.8. The predicted octanol–water partition coefficient (Wildman–Crippen LogP) is 2.66. The Balaban J connectivity index is 1.88. The maximum absolute atomic E-state index is 11.8. The third-order valence-electron chi connectivity index (χ3n) is 2.49. The molecular weight excluding hydrogens is 317 g/mol. The van der Waals surface area contributed by atoms with Gasteiger partial charge in [0.1, 0.15) is 5.76 Å². The molecule has 2 aromatic rings. The van der Waals surface area contributed by atoms with Crippen LogP contribution in [0.4, 0.5) is 5.82 Å². The number of carbonyl (C=O) groups excluding carboxylic acids is 2. The molecule has 0 atom stereocenters. The Morgan fingerprint density at radius 2 is 2.00 bits per heavy atom. The molecular formula is C13H11Cl2N3O3. The summed E-state index contributed by atoms with van der Waals surface area (Å²) in [6.45, 7) is 1.50. The highest BCUT2D eigenvalue weighted by Crippen LogP contribution is 2.22. The standard InChI is InChI=1S/C13H11Cl2N3O3/c1-7-4-11(18-21-7)17-12(19)6-16-13(20)8-2-3-9(14)10(15)5-8/h2-5H,6H2,1H3,(H,16,20)(H,17,18,19). The molecule has 2 N–H and O–H groups in total. The molecule has 1 heterocycles. The van der Waals surface area contributed by atoms with Crippen molar-refractivity contribution < 1.29 is 14.1 Å². The van der Waals surface area contributed by atoms with E-state index in [1.807, 2.05) is 0 Å². The van der Waals surface area contributed by atoms with Crippen LogP contribution in [0.2, 0.25) is 10.0 Å². The number of hydrogen-bond acceptors (Lipinski definition) is 4. The third kappa shape index (κ3) is 4.21. The van der Waals surface area contributed by atoms with Crippen molar-refractivity contribution in [1.29, 1.82) is 0 Å². The van der Waals surface area contributed by atoms with Crippen molar-refractivity contribution in [3.05, 3.63) is 45.6 Å². The fraction of sp³-hybridized carbons (Fsp3) is 0.154. The van der Waals surface area contributed by atoms with Crippen LogP contribution in [-0.4, -0.2) is 23.5 Å². The van der Waals surface area contributed by atoms with Crippen molar-refractivity contribution in [2.24, 2.45) is 0 Å². The first-order valence-corrected chi connectivity index (χ1v) is 6.67. The Labute approximate surface area is 130 Å². The Morgan fingerprint density at radius 1 is 1.24 bits per heavy atom. The second-order valence-electron chi connectivity index (χ2n) is 4.18. The van der Waals surface area contributed by atoms with Gasteiger partial charge in [-0.1, -0.05) is 28.4 Å². The summed E-state index contributed by atoms with van der Waals surface area (Å²) in [5.41, 5.74) is 0.314. The largest absolute Gasteiger partial charge is 0.360 e. The Bertz CT molecular complexity index is 685. The average Bonchev–Trinajstić information content (AvgIpc) is 2.84. The molecule has 0 unspecified atom stereocenters. The summed E-state index contributed by atoms with van der Waals surface area (Å²) in [5, 5.41) is 9.18. The lowest BCUT2D eigenvalue weighted by Crippen LogP contribution is -2.32. The number of aromatic nitrogens is 1. The minimum Gasteiger partial charge on any atom is -0.360 e. The number of rotatable bonds is 4. The van der Waals surface area contributed by atoms with Gasteiger partial charge >= 0.3 is 0 Å². The van der Waals surface area contributed by atoms with Crippen molar-refractivity contribution in [2.75, 3.05) is 11.9 Å². The lowest BCUT2D eigenvalue weighted by atomic mass is 10.2. The minimum atomic E-state index is -0.431. The zero-order valence-electron chi connectivity index (χ0n) is 10.9. The fourth-order valence-corrected chi connectivity index (χ4v) is 1.81. The Morgan fingerprint density at radius 3 is 2.62 bits per heavy atom. The highest BCUT2D eigenvalue weighted by atomic mass is 35.5. The molecule has 1 aromatic carbocycles. The molecule has 2 amide bonds. The molecule has 1 aromatic heterocycles. The van der Waals surface area contributed by atoms with Gasteiger partial charge in [-0.25, -0.2) is 0 Å². The van der Waals surface area contributed by atoms with E-state index in [-0.39, 0.29) is 11.6 Å². The first-order chi connectivity index (χ1) is 9.95. The summed E-state index contributed by atoms with van der Waals surface area (Å²) in [7, 11) is 0. The van der Waals surface area contributed by atoms with Gasteiger partial charge in [-0.05, 0) is 25.1 Å². The van der Waals surface area contributed by atoms with Gasteiger partial charge in [-0.15, -0.1) is 0 Å². The summed E-state index contributed by atoms with van der Waals surface area (Å²) in [4.78, 5) is 23.5. The van der Waals surface area contributed by atoms with Crippen LogP contribution in [0, 0.1) is 6.92 Å². The van der Waals surface area contributed by atoms with E-state index in [2.05, 4.69) is 15.8 Å². The Hall–Kier alpha value is -2.05. The van der Waals surface area contributed by atoms with Gasteiger partial charge < -0.3 is 15.2 Å². The van der Waals surface area contributed by atoms with E-state index in [4.69, 9.17) is 27.7 Å². The van der Waals surface area contributed by atoms with Gasteiger partial charge in [-0.3, -0.25) is 9.59 Å². The van der Waals surface area contributed by atoms with E-state index in [0.29, 0.717) is 22.2 Å². The number of halogens is 2. The second kappa shape index (κ2) is 6.60. The average molecular weight is 328 g/mol. The number of aryl methyl sites for hydroxylation is 1. The van der Waals surface area contributed by atoms with Crippen LogP contribution in [0.15, 0.2) is 28.8 Å². The van der Waals surface area contributed by atoms with Crippen LogP contribution in [0.5, 0.6) is 0 Å². The van der Waals surface area contributed by atoms with E-state index < -0.39 is 11.8 Å². The molecule has 0 spiro atoms. The first-order valence-electron chi connectivity index (χ1n) is 5.92. The van der Waals surface area contributed by atoms with Crippen molar-refractivity contribution in [3.8, 4) is 0 Å². The SMILES string of the molecule is Cc1cc(NC(=O)CNC(=O)c2ccc(Cl)c(Cl)c2)no1.